The molecule has 0 spiro atoms. The summed E-state index contributed by atoms with van der Waals surface area (Å²) in [7, 11) is 0. The molecule has 2 aromatic heterocycles. The third-order valence-corrected chi connectivity index (χ3v) is 4.34. The van der Waals surface area contributed by atoms with Gasteiger partial charge in [-0.25, -0.2) is 0 Å². The van der Waals surface area contributed by atoms with Crippen molar-refractivity contribution in [3.8, 4) is 11.4 Å². The Labute approximate surface area is 171 Å². The van der Waals surface area contributed by atoms with Crippen LogP contribution in [0.3, 0.4) is 0 Å². The molecule has 4 aromatic rings. The lowest BCUT2D eigenvalue weighted by atomic mass is 10.2. The molecule has 0 aliphatic carbocycles. The lowest BCUT2D eigenvalue weighted by Crippen LogP contribution is -2.17. The Hall–Kier alpha value is -4.40. The molecule has 2 heterocycles. The van der Waals surface area contributed by atoms with Crippen molar-refractivity contribution in [3.05, 3.63) is 100 Å². The number of nitrogens with one attached hydrogen (secondary N) is 1. The van der Waals surface area contributed by atoms with E-state index in [0.717, 1.165) is 10.2 Å². The summed E-state index contributed by atoms with van der Waals surface area (Å²) in [6, 6.07) is 18.6. The molecule has 0 aliphatic rings. The largest absolute Gasteiger partial charge is 0.350 e. The summed E-state index contributed by atoms with van der Waals surface area (Å²) < 4.78 is 1.16. The van der Waals surface area contributed by atoms with Gasteiger partial charge in [-0.1, -0.05) is 30.3 Å². The molecule has 4 rings (SSSR count). The number of benzene rings is 2. The number of nitrogens with zero attached hydrogens (tertiary/aromatic N) is 5. The first-order valence-electron chi connectivity index (χ1n) is 9.06. The van der Waals surface area contributed by atoms with Crippen LogP contribution in [0.25, 0.3) is 11.4 Å². The van der Waals surface area contributed by atoms with E-state index in [-0.39, 0.29) is 17.2 Å². The average Bonchev–Trinajstić information content (AvgIpc) is 3.23. The van der Waals surface area contributed by atoms with Crippen molar-refractivity contribution in [2.24, 2.45) is 0 Å². The number of nitro groups is 1. The van der Waals surface area contributed by atoms with Crippen LogP contribution in [-0.4, -0.2) is 30.6 Å². The minimum absolute atomic E-state index is 0.0939. The van der Waals surface area contributed by atoms with E-state index in [2.05, 4.69) is 20.4 Å². The van der Waals surface area contributed by atoms with Gasteiger partial charge in [-0.15, -0.1) is 5.10 Å². The van der Waals surface area contributed by atoms with Crippen LogP contribution in [0.1, 0.15) is 15.9 Å². The van der Waals surface area contributed by atoms with Gasteiger partial charge in [0.05, 0.1) is 4.92 Å². The summed E-state index contributed by atoms with van der Waals surface area (Å²) in [6.07, 6.45) is 3.24. The van der Waals surface area contributed by atoms with Gasteiger partial charge >= 0.3 is 0 Å². The zero-order chi connectivity index (χ0) is 20.9. The summed E-state index contributed by atoms with van der Waals surface area (Å²) in [5.74, 6) is 0.151. The second-order valence-electron chi connectivity index (χ2n) is 6.36. The topological polar surface area (TPSA) is 116 Å². The van der Waals surface area contributed by atoms with Crippen molar-refractivity contribution in [1.29, 1.82) is 0 Å². The van der Waals surface area contributed by atoms with Crippen LogP contribution in [0.15, 0.2) is 79.1 Å². The molecule has 9 nitrogen and oxygen atoms in total. The van der Waals surface area contributed by atoms with Crippen molar-refractivity contribution in [1.82, 2.24) is 19.7 Å². The molecule has 148 valence electrons. The van der Waals surface area contributed by atoms with Crippen molar-refractivity contribution in [3.63, 3.8) is 0 Å². The summed E-state index contributed by atoms with van der Waals surface area (Å²) >= 11 is 0. The van der Waals surface area contributed by atoms with E-state index < -0.39 is 10.8 Å². The van der Waals surface area contributed by atoms with E-state index >= 15 is 0 Å². The number of non-ortho nitro benzene ring substituents is 1. The van der Waals surface area contributed by atoms with E-state index in [9.17, 15) is 14.9 Å². The molecule has 30 heavy (non-hydrogen) atoms. The molecule has 0 fully saturated rings. The van der Waals surface area contributed by atoms with Gasteiger partial charge in [0.1, 0.15) is 0 Å². The Kier molecular flexibility index (Phi) is 5.25. The molecule has 0 atom stereocenters. The van der Waals surface area contributed by atoms with Crippen molar-refractivity contribution < 1.29 is 9.72 Å². The number of carbonyl (C=O) groups is 1. The minimum atomic E-state index is -0.517. The molecule has 0 amide bonds. The standard InChI is InChI=1S/C21H16N6O3/c28-20(16-8-10-18(11-9-16)27(29)30)26-21(23-13-15-5-2-1-3-6-15)24-19(25-26)17-7-4-12-22-14-17/h1-12,14H,13H2,(H,23,24,25). The molecule has 0 radical (unpaired) electrons. The van der Waals surface area contributed by atoms with E-state index in [4.69, 9.17) is 0 Å². The highest BCUT2D eigenvalue weighted by molar-refractivity contribution is 5.97. The van der Waals surface area contributed by atoms with Gasteiger partial charge in [-0.2, -0.15) is 9.67 Å². The maximum Gasteiger partial charge on any atom is 0.281 e. The van der Waals surface area contributed by atoms with Crippen LogP contribution in [0.2, 0.25) is 0 Å². The summed E-state index contributed by atoms with van der Waals surface area (Å²) in [4.78, 5) is 31.9. The van der Waals surface area contributed by atoms with Gasteiger partial charge in [0.25, 0.3) is 11.6 Å². The number of rotatable bonds is 6. The van der Waals surface area contributed by atoms with Crippen molar-refractivity contribution >= 4 is 17.5 Å². The SMILES string of the molecule is O=C(c1ccc([N+](=O)[O-])cc1)n1nc(-c2cccnc2)nc1NCc1ccccc1. The fraction of sp³-hybridized carbons (Fsp3) is 0.0476. The van der Waals surface area contributed by atoms with Gasteiger partial charge in [0, 0.05) is 42.2 Å². The predicted molar refractivity (Wildman–Crippen MR) is 110 cm³/mol. The molecule has 0 saturated heterocycles. The Bertz CT molecular complexity index is 1170. The fourth-order valence-electron chi connectivity index (χ4n) is 2.81. The number of aromatic nitrogens is 4. The highest BCUT2D eigenvalue weighted by atomic mass is 16.6. The summed E-state index contributed by atoms with van der Waals surface area (Å²) in [5.41, 5.74) is 1.84. The Morgan fingerprint density at radius 3 is 2.47 bits per heavy atom. The van der Waals surface area contributed by atoms with E-state index in [0.29, 0.717) is 17.9 Å². The predicted octanol–water partition coefficient (Wildman–Crippen LogP) is 3.55. The molecular weight excluding hydrogens is 384 g/mol. The monoisotopic (exact) mass is 400 g/mol. The summed E-state index contributed by atoms with van der Waals surface area (Å²) in [5, 5.41) is 18.3. The number of hydrogen-bond donors (Lipinski definition) is 1. The third kappa shape index (κ3) is 4.04. The van der Waals surface area contributed by atoms with Crippen LogP contribution in [-0.2, 0) is 6.54 Å². The Morgan fingerprint density at radius 2 is 1.80 bits per heavy atom. The zero-order valence-electron chi connectivity index (χ0n) is 15.7. The molecule has 9 heteroatoms. The zero-order valence-corrected chi connectivity index (χ0v) is 15.7. The number of pyridine rings is 1. The minimum Gasteiger partial charge on any atom is -0.350 e. The Balaban J connectivity index is 1.68. The molecular formula is C21H16N6O3. The lowest BCUT2D eigenvalue weighted by molar-refractivity contribution is -0.384. The second kappa shape index (κ2) is 8.31. The Morgan fingerprint density at radius 1 is 1.03 bits per heavy atom. The molecule has 0 unspecified atom stereocenters. The first kappa shape index (κ1) is 18.9. The third-order valence-electron chi connectivity index (χ3n) is 4.34. The fourth-order valence-corrected chi connectivity index (χ4v) is 2.81. The first-order chi connectivity index (χ1) is 14.6. The number of carbonyl (C=O) groups excluding carboxylic acids is 1. The average molecular weight is 400 g/mol. The van der Waals surface area contributed by atoms with Crippen LogP contribution >= 0.6 is 0 Å². The van der Waals surface area contributed by atoms with Gasteiger partial charge in [-0.05, 0) is 29.8 Å². The normalized spacial score (nSPS) is 10.5. The smallest absolute Gasteiger partial charge is 0.281 e. The van der Waals surface area contributed by atoms with Crippen LogP contribution in [0, 0.1) is 10.1 Å². The maximum atomic E-state index is 13.0. The quantitative estimate of drug-likeness (QED) is 0.389. The van der Waals surface area contributed by atoms with E-state index in [1.807, 2.05) is 30.3 Å². The van der Waals surface area contributed by atoms with Crippen LogP contribution in [0.4, 0.5) is 11.6 Å². The van der Waals surface area contributed by atoms with E-state index in [1.165, 1.54) is 24.3 Å². The molecule has 0 saturated carbocycles. The van der Waals surface area contributed by atoms with Crippen LogP contribution < -0.4 is 5.32 Å². The van der Waals surface area contributed by atoms with Gasteiger partial charge in [0.15, 0.2) is 5.82 Å². The number of hydrogen-bond acceptors (Lipinski definition) is 7. The van der Waals surface area contributed by atoms with Gasteiger partial charge in [-0.3, -0.25) is 19.9 Å². The van der Waals surface area contributed by atoms with E-state index in [1.54, 1.807) is 24.5 Å². The molecule has 0 aliphatic heterocycles. The maximum absolute atomic E-state index is 13.0. The van der Waals surface area contributed by atoms with Crippen molar-refractivity contribution in [2.45, 2.75) is 6.54 Å². The highest BCUT2D eigenvalue weighted by Gasteiger charge is 2.19. The van der Waals surface area contributed by atoms with Gasteiger partial charge in [0.2, 0.25) is 5.95 Å². The highest BCUT2D eigenvalue weighted by Crippen LogP contribution is 2.20. The molecule has 1 N–H and O–H groups in total. The number of nitro benzene ring substituents is 1. The number of anilines is 1. The second-order valence-corrected chi connectivity index (χ2v) is 6.36. The van der Waals surface area contributed by atoms with Crippen LogP contribution in [0.5, 0.6) is 0 Å². The molecule has 2 aromatic carbocycles. The lowest BCUT2D eigenvalue weighted by Gasteiger charge is -2.07. The first-order valence-corrected chi connectivity index (χ1v) is 9.06. The summed E-state index contributed by atoms with van der Waals surface area (Å²) in [6.45, 7) is 0.444. The van der Waals surface area contributed by atoms with Gasteiger partial charge < -0.3 is 5.32 Å². The van der Waals surface area contributed by atoms with Crippen molar-refractivity contribution in [2.75, 3.05) is 5.32 Å². The molecule has 0 bridgehead atoms.